The van der Waals surface area contributed by atoms with Gasteiger partial charge in [0.25, 0.3) is 0 Å². The van der Waals surface area contributed by atoms with Crippen LogP contribution in [0.15, 0.2) is 34.9 Å². The summed E-state index contributed by atoms with van der Waals surface area (Å²) in [6.07, 6.45) is -3.10. The third kappa shape index (κ3) is 2.63. The molecule has 0 amide bonds. The zero-order valence-corrected chi connectivity index (χ0v) is 9.34. The molecule has 2 aromatic rings. The largest absolute Gasteiger partial charge is 0.573 e. The Kier molecular flexibility index (Phi) is 2.75. The third-order valence-corrected chi connectivity index (χ3v) is 2.29. The fourth-order valence-electron chi connectivity index (χ4n) is 1.28. The number of nitrogens with zero attached hydrogens (tertiary/aromatic N) is 1. The van der Waals surface area contributed by atoms with Crippen LogP contribution in [0.4, 0.5) is 13.2 Å². The number of ether oxygens (including phenoxy) is 1. The summed E-state index contributed by atoms with van der Waals surface area (Å²) in [7, 11) is 0. The Bertz CT molecular complexity index is 527. The van der Waals surface area contributed by atoms with Gasteiger partial charge in [0.2, 0.25) is 0 Å². The molecule has 0 bridgehead atoms. The molecule has 0 aliphatic heterocycles. The van der Waals surface area contributed by atoms with E-state index in [4.69, 9.17) is 0 Å². The number of hydrogen-bond acceptors (Lipinski definition) is 2. The predicted molar refractivity (Wildman–Crippen MR) is 56.1 cm³/mol. The van der Waals surface area contributed by atoms with Gasteiger partial charge >= 0.3 is 6.36 Å². The van der Waals surface area contributed by atoms with Crippen LogP contribution in [0.2, 0.25) is 0 Å². The van der Waals surface area contributed by atoms with Crippen LogP contribution in [0, 0.1) is 0 Å². The number of halogens is 4. The molecule has 2 nitrogen and oxygen atoms in total. The zero-order chi connectivity index (χ0) is 11.8. The van der Waals surface area contributed by atoms with Crippen LogP contribution in [0.25, 0.3) is 10.9 Å². The van der Waals surface area contributed by atoms with E-state index in [1.165, 1.54) is 18.2 Å². The summed E-state index contributed by atoms with van der Waals surface area (Å²) in [5.41, 5.74) is 0.609. The van der Waals surface area contributed by atoms with Crippen LogP contribution >= 0.6 is 15.9 Å². The molecule has 0 saturated heterocycles. The molecule has 0 aliphatic rings. The van der Waals surface area contributed by atoms with Crippen molar-refractivity contribution in [2.75, 3.05) is 0 Å². The average molecular weight is 292 g/mol. The van der Waals surface area contributed by atoms with Crippen LogP contribution < -0.4 is 4.74 Å². The molecule has 16 heavy (non-hydrogen) atoms. The summed E-state index contributed by atoms with van der Waals surface area (Å²) in [5.74, 6) is -0.250. The summed E-state index contributed by atoms with van der Waals surface area (Å²) in [6, 6.07) is 5.67. The summed E-state index contributed by atoms with van der Waals surface area (Å²) < 4.78 is 40.4. The summed E-state index contributed by atoms with van der Waals surface area (Å²) in [4.78, 5) is 4.03. The lowest BCUT2D eigenvalue weighted by Crippen LogP contribution is -2.16. The zero-order valence-electron chi connectivity index (χ0n) is 7.75. The van der Waals surface area contributed by atoms with Crippen molar-refractivity contribution in [3.8, 4) is 5.75 Å². The molecular formula is C10H5BrF3NO. The average Bonchev–Trinajstić information content (AvgIpc) is 2.14. The van der Waals surface area contributed by atoms with Crippen LogP contribution in [0.1, 0.15) is 0 Å². The van der Waals surface area contributed by atoms with Gasteiger partial charge in [-0.1, -0.05) is 0 Å². The highest BCUT2D eigenvalue weighted by Crippen LogP contribution is 2.26. The molecule has 0 fully saturated rings. The van der Waals surface area contributed by atoms with Crippen molar-refractivity contribution >= 4 is 26.8 Å². The number of rotatable bonds is 1. The molecule has 2 rings (SSSR count). The summed E-state index contributed by atoms with van der Waals surface area (Å²) >= 11 is 3.19. The molecule has 0 N–H and O–H groups in total. The first-order chi connectivity index (χ1) is 7.44. The SMILES string of the molecule is FC(F)(F)Oc1ccc2ncc(Br)cc2c1. The molecule has 0 radical (unpaired) electrons. The van der Waals surface area contributed by atoms with Gasteiger partial charge in [-0.2, -0.15) is 0 Å². The smallest absolute Gasteiger partial charge is 0.406 e. The van der Waals surface area contributed by atoms with Crippen molar-refractivity contribution in [2.24, 2.45) is 0 Å². The Morgan fingerprint density at radius 3 is 2.62 bits per heavy atom. The summed E-state index contributed by atoms with van der Waals surface area (Å²) in [6.45, 7) is 0. The van der Waals surface area contributed by atoms with E-state index in [1.807, 2.05) is 0 Å². The first-order valence-electron chi connectivity index (χ1n) is 4.25. The highest BCUT2D eigenvalue weighted by atomic mass is 79.9. The second-order valence-corrected chi connectivity index (χ2v) is 3.97. The molecule has 0 saturated carbocycles. The monoisotopic (exact) mass is 291 g/mol. The molecular weight excluding hydrogens is 287 g/mol. The molecule has 0 aliphatic carbocycles. The van der Waals surface area contributed by atoms with Gasteiger partial charge < -0.3 is 4.74 Å². The minimum Gasteiger partial charge on any atom is -0.406 e. The number of pyridine rings is 1. The molecule has 0 spiro atoms. The summed E-state index contributed by atoms with van der Waals surface area (Å²) in [5, 5.41) is 0.580. The maximum atomic E-state index is 12.0. The number of fused-ring (bicyclic) bond motifs is 1. The van der Waals surface area contributed by atoms with Gasteiger partial charge in [-0.25, -0.2) is 0 Å². The van der Waals surface area contributed by atoms with E-state index >= 15 is 0 Å². The molecule has 1 aromatic carbocycles. The topological polar surface area (TPSA) is 22.1 Å². The normalized spacial score (nSPS) is 11.8. The molecule has 0 atom stereocenters. The van der Waals surface area contributed by atoms with E-state index in [9.17, 15) is 13.2 Å². The van der Waals surface area contributed by atoms with E-state index in [2.05, 4.69) is 25.7 Å². The first kappa shape index (κ1) is 11.2. The van der Waals surface area contributed by atoms with Crippen molar-refractivity contribution < 1.29 is 17.9 Å². The highest BCUT2D eigenvalue weighted by Gasteiger charge is 2.31. The van der Waals surface area contributed by atoms with Crippen LogP contribution in [0.5, 0.6) is 5.75 Å². The molecule has 0 unspecified atom stereocenters. The Labute approximate surface area is 97.2 Å². The lowest BCUT2D eigenvalue weighted by atomic mass is 10.2. The molecule has 6 heteroatoms. The van der Waals surface area contributed by atoms with Gasteiger partial charge in [-0.3, -0.25) is 4.98 Å². The van der Waals surface area contributed by atoms with Crippen molar-refractivity contribution in [3.63, 3.8) is 0 Å². The molecule has 1 aromatic heterocycles. The van der Waals surface area contributed by atoms with Crippen molar-refractivity contribution in [1.29, 1.82) is 0 Å². The maximum Gasteiger partial charge on any atom is 0.573 e. The fraction of sp³-hybridized carbons (Fsp3) is 0.100. The standard InChI is InChI=1S/C10H5BrF3NO/c11-7-3-6-4-8(16-10(12,13)14)1-2-9(6)15-5-7/h1-5H. The van der Waals surface area contributed by atoms with E-state index in [-0.39, 0.29) is 5.75 Å². The van der Waals surface area contributed by atoms with E-state index in [0.29, 0.717) is 15.4 Å². The molecule has 1 heterocycles. The number of hydrogen-bond donors (Lipinski definition) is 0. The Balaban J connectivity index is 2.43. The van der Waals surface area contributed by atoms with E-state index in [1.54, 1.807) is 12.3 Å². The van der Waals surface area contributed by atoms with Crippen molar-refractivity contribution in [2.45, 2.75) is 6.36 Å². The Morgan fingerprint density at radius 1 is 1.19 bits per heavy atom. The molecule has 84 valence electrons. The quantitative estimate of drug-likeness (QED) is 0.795. The third-order valence-electron chi connectivity index (χ3n) is 1.85. The second-order valence-electron chi connectivity index (χ2n) is 3.06. The van der Waals surface area contributed by atoms with E-state index in [0.717, 1.165) is 0 Å². The first-order valence-corrected chi connectivity index (χ1v) is 5.04. The van der Waals surface area contributed by atoms with Crippen molar-refractivity contribution in [3.05, 3.63) is 34.9 Å². The fourth-order valence-corrected chi connectivity index (χ4v) is 1.63. The number of alkyl halides is 3. The lowest BCUT2D eigenvalue weighted by Gasteiger charge is -2.09. The Hall–Kier alpha value is -1.30. The maximum absolute atomic E-state index is 12.0. The second kappa shape index (κ2) is 3.93. The lowest BCUT2D eigenvalue weighted by molar-refractivity contribution is -0.274. The van der Waals surface area contributed by atoms with Gasteiger partial charge in [0.05, 0.1) is 5.52 Å². The number of aromatic nitrogens is 1. The minimum absolute atomic E-state index is 0.250. The van der Waals surface area contributed by atoms with Crippen LogP contribution in [-0.4, -0.2) is 11.3 Å². The van der Waals surface area contributed by atoms with Gasteiger partial charge in [0, 0.05) is 16.1 Å². The van der Waals surface area contributed by atoms with E-state index < -0.39 is 6.36 Å². The number of benzene rings is 1. The van der Waals surface area contributed by atoms with Gasteiger partial charge in [-0.05, 0) is 40.2 Å². The van der Waals surface area contributed by atoms with Gasteiger partial charge in [0.15, 0.2) is 0 Å². The highest BCUT2D eigenvalue weighted by molar-refractivity contribution is 9.10. The van der Waals surface area contributed by atoms with Crippen molar-refractivity contribution in [1.82, 2.24) is 4.98 Å². The van der Waals surface area contributed by atoms with Gasteiger partial charge in [0.1, 0.15) is 5.75 Å². The van der Waals surface area contributed by atoms with Crippen LogP contribution in [0.3, 0.4) is 0 Å². The Morgan fingerprint density at radius 2 is 1.94 bits per heavy atom. The van der Waals surface area contributed by atoms with Gasteiger partial charge in [-0.15, -0.1) is 13.2 Å². The van der Waals surface area contributed by atoms with Crippen LogP contribution in [-0.2, 0) is 0 Å². The predicted octanol–water partition coefficient (Wildman–Crippen LogP) is 3.90. The minimum atomic E-state index is -4.67.